The van der Waals surface area contributed by atoms with Crippen molar-refractivity contribution < 1.29 is 4.79 Å². The summed E-state index contributed by atoms with van der Waals surface area (Å²) < 4.78 is 4.40. The van der Waals surface area contributed by atoms with Crippen molar-refractivity contribution in [3.63, 3.8) is 0 Å². The third kappa shape index (κ3) is 5.48. The lowest BCUT2D eigenvalue weighted by Crippen LogP contribution is -2.25. The lowest BCUT2D eigenvalue weighted by atomic mass is 10.2. The number of aromatic nitrogens is 1. The Balaban J connectivity index is 1.64. The van der Waals surface area contributed by atoms with Crippen LogP contribution in [0.15, 0.2) is 58.1 Å². The molecule has 3 rings (SSSR count). The molecule has 3 aromatic rings. The maximum absolute atomic E-state index is 12.0. The predicted molar refractivity (Wildman–Crippen MR) is 131 cm³/mol. The number of nitrogens with one attached hydrogen (secondary N) is 2. The number of amides is 1. The quantitative estimate of drug-likeness (QED) is 0.241. The average molecular weight is 565 g/mol. The monoisotopic (exact) mass is 564 g/mol. The van der Waals surface area contributed by atoms with Crippen LogP contribution in [0.2, 0.25) is 0 Å². The number of halogens is 2. The topological polar surface area (TPSA) is 58.4 Å². The van der Waals surface area contributed by atoms with Crippen LogP contribution >= 0.6 is 38.5 Å². The number of anilines is 1. The van der Waals surface area contributed by atoms with Crippen LogP contribution in [0.3, 0.4) is 0 Å². The van der Waals surface area contributed by atoms with Crippen molar-refractivity contribution in [3.8, 4) is 5.69 Å². The second kappa shape index (κ2) is 9.58. The largest absolute Gasteiger partial charge is 0.376 e. The van der Waals surface area contributed by atoms with Crippen LogP contribution in [0.5, 0.6) is 0 Å². The Bertz CT molecular complexity index is 1060. The second-order valence-electron chi connectivity index (χ2n) is 6.75. The number of aryl methyl sites for hydroxylation is 2. The highest BCUT2D eigenvalue weighted by atomic mass is 127. The van der Waals surface area contributed by atoms with E-state index in [9.17, 15) is 4.79 Å². The maximum Gasteiger partial charge on any atom is 0.259 e. The minimum atomic E-state index is -0.198. The van der Waals surface area contributed by atoms with Crippen molar-refractivity contribution in [2.45, 2.75) is 20.8 Å². The number of benzene rings is 2. The molecule has 0 aliphatic rings. The fraction of sp³-hybridized carbons (Fsp3) is 0.182. The first kappa shape index (κ1) is 21.6. The zero-order chi connectivity index (χ0) is 21.0. The van der Waals surface area contributed by atoms with Gasteiger partial charge in [0, 0.05) is 36.4 Å². The molecule has 1 amide bonds. The van der Waals surface area contributed by atoms with Gasteiger partial charge in [-0.1, -0.05) is 22.0 Å². The Kier molecular flexibility index (Phi) is 7.13. The lowest BCUT2D eigenvalue weighted by molar-refractivity contribution is -0.119. The van der Waals surface area contributed by atoms with E-state index >= 15 is 0 Å². The molecule has 5 nitrogen and oxygen atoms in total. The molecule has 2 N–H and O–H groups in total. The van der Waals surface area contributed by atoms with E-state index < -0.39 is 0 Å². The number of hydrogen-bond acceptors (Lipinski definition) is 3. The molecule has 1 aromatic heterocycles. The Hall–Kier alpha value is -2.13. The summed E-state index contributed by atoms with van der Waals surface area (Å²) in [5.74, 6) is -0.198. The highest BCUT2D eigenvalue weighted by molar-refractivity contribution is 14.1. The fourth-order valence-electron chi connectivity index (χ4n) is 3.00. The Morgan fingerprint density at radius 2 is 1.86 bits per heavy atom. The van der Waals surface area contributed by atoms with Gasteiger partial charge in [-0.2, -0.15) is 5.10 Å². The number of hydrogen-bond donors (Lipinski definition) is 2. The van der Waals surface area contributed by atoms with Crippen LogP contribution < -0.4 is 10.7 Å². The first-order valence-electron chi connectivity index (χ1n) is 9.12. The van der Waals surface area contributed by atoms with Gasteiger partial charge in [0.1, 0.15) is 0 Å². The molecular formula is C22H22BrIN4O. The maximum atomic E-state index is 12.0. The standard InChI is InChI=1S/C22H22BrIN4O/c1-14-4-9-20(11-21(14)23)28-15(2)10-17(16(28)3)12-26-27-22(29)13-25-19-7-5-18(24)6-8-19/h4-12,25H,13H2,1-3H3,(H,27,29). The third-order valence-electron chi connectivity index (χ3n) is 4.57. The molecule has 7 heteroatoms. The highest BCUT2D eigenvalue weighted by Crippen LogP contribution is 2.24. The van der Waals surface area contributed by atoms with Gasteiger partial charge in [-0.15, -0.1) is 0 Å². The summed E-state index contributed by atoms with van der Waals surface area (Å²) >= 11 is 5.84. The molecule has 150 valence electrons. The van der Waals surface area contributed by atoms with Gasteiger partial charge in [0.05, 0.1) is 12.8 Å². The highest BCUT2D eigenvalue weighted by Gasteiger charge is 2.10. The van der Waals surface area contributed by atoms with E-state index in [0.717, 1.165) is 36.4 Å². The summed E-state index contributed by atoms with van der Waals surface area (Å²) in [5, 5.41) is 7.20. The minimum Gasteiger partial charge on any atom is -0.376 e. The molecule has 0 saturated carbocycles. The van der Waals surface area contributed by atoms with E-state index in [1.807, 2.05) is 31.2 Å². The Labute approximate surface area is 192 Å². The fourth-order valence-corrected chi connectivity index (χ4v) is 3.73. The summed E-state index contributed by atoms with van der Waals surface area (Å²) in [6.45, 7) is 6.33. The number of hydrazone groups is 1. The molecular weight excluding hydrogens is 543 g/mol. The zero-order valence-electron chi connectivity index (χ0n) is 16.5. The molecule has 0 saturated heterocycles. The SMILES string of the molecule is Cc1ccc(-n2c(C)cc(C=NNC(=O)CNc3ccc(I)cc3)c2C)cc1Br. The van der Waals surface area contributed by atoms with Gasteiger partial charge in [0.25, 0.3) is 5.91 Å². The molecule has 2 aromatic carbocycles. The lowest BCUT2D eigenvalue weighted by Gasteiger charge is -2.11. The van der Waals surface area contributed by atoms with Gasteiger partial charge < -0.3 is 9.88 Å². The summed E-state index contributed by atoms with van der Waals surface area (Å²) in [5.41, 5.74) is 8.88. The van der Waals surface area contributed by atoms with Crippen molar-refractivity contribution >= 4 is 56.3 Å². The van der Waals surface area contributed by atoms with Crippen LogP contribution in [0.25, 0.3) is 5.69 Å². The van der Waals surface area contributed by atoms with Gasteiger partial charge in [-0.3, -0.25) is 4.79 Å². The molecule has 0 atom stereocenters. The normalized spacial score (nSPS) is 11.1. The molecule has 0 aliphatic carbocycles. The van der Waals surface area contributed by atoms with Crippen LogP contribution in [0.1, 0.15) is 22.5 Å². The van der Waals surface area contributed by atoms with Gasteiger partial charge in [-0.05, 0) is 91.4 Å². The van der Waals surface area contributed by atoms with Crippen molar-refractivity contribution in [1.82, 2.24) is 9.99 Å². The van der Waals surface area contributed by atoms with E-state index in [1.165, 1.54) is 5.56 Å². The minimum absolute atomic E-state index is 0.161. The zero-order valence-corrected chi connectivity index (χ0v) is 20.2. The molecule has 0 unspecified atom stereocenters. The van der Waals surface area contributed by atoms with Crippen LogP contribution in [0, 0.1) is 24.3 Å². The molecule has 0 spiro atoms. The Morgan fingerprint density at radius 3 is 2.55 bits per heavy atom. The van der Waals surface area contributed by atoms with Crippen molar-refractivity contribution in [2.75, 3.05) is 11.9 Å². The predicted octanol–water partition coefficient (Wildman–Crippen LogP) is 5.33. The molecule has 0 radical (unpaired) electrons. The number of carbonyl (C=O) groups excluding carboxylic acids is 1. The van der Waals surface area contributed by atoms with E-state index in [0.29, 0.717) is 0 Å². The summed E-state index contributed by atoms with van der Waals surface area (Å²) in [4.78, 5) is 12.0. The van der Waals surface area contributed by atoms with E-state index in [2.05, 4.69) is 97.0 Å². The number of carbonyl (C=O) groups is 1. The van der Waals surface area contributed by atoms with Gasteiger partial charge in [0.2, 0.25) is 0 Å². The number of rotatable bonds is 6. The smallest absolute Gasteiger partial charge is 0.259 e. The van der Waals surface area contributed by atoms with Crippen molar-refractivity contribution in [3.05, 3.63) is 79.1 Å². The summed E-state index contributed by atoms with van der Waals surface area (Å²) in [6, 6.07) is 16.2. The van der Waals surface area contributed by atoms with Gasteiger partial charge >= 0.3 is 0 Å². The molecule has 0 aliphatic heterocycles. The molecule has 1 heterocycles. The van der Waals surface area contributed by atoms with Crippen molar-refractivity contribution in [1.29, 1.82) is 0 Å². The summed E-state index contributed by atoms with van der Waals surface area (Å²) in [7, 11) is 0. The molecule has 0 fully saturated rings. The molecule has 0 bridgehead atoms. The van der Waals surface area contributed by atoms with E-state index in [1.54, 1.807) is 6.21 Å². The second-order valence-corrected chi connectivity index (χ2v) is 8.85. The first-order valence-corrected chi connectivity index (χ1v) is 11.0. The first-order chi connectivity index (χ1) is 13.8. The Morgan fingerprint density at radius 1 is 1.14 bits per heavy atom. The van der Waals surface area contributed by atoms with Gasteiger partial charge in [0.15, 0.2) is 0 Å². The van der Waals surface area contributed by atoms with Crippen molar-refractivity contribution in [2.24, 2.45) is 5.10 Å². The van der Waals surface area contributed by atoms with E-state index in [-0.39, 0.29) is 12.5 Å². The summed E-state index contributed by atoms with van der Waals surface area (Å²) in [6.07, 6.45) is 1.69. The molecule has 29 heavy (non-hydrogen) atoms. The van der Waals surface area contributed by atoms with Crippen LogP contribution in [0.4, 0.5) is 5.69 Å². The average Bonchev–Trinajstić information content (AvgIpc) is 2.97. The van der Waals surface area contributed by atoms with Gasteiger partial charge in [-0.25, -0.2) is 5.43 Å². The van der Waals surface area contributed by atoms with E-state index in [4.69, 9.17) is 0 Å². The third-order valence-corrected chi connectivity index (χ3v) is 6.15. The van der Waals surface area contributed by atoms with Crippen LogP contribution in [-0.2, 0) is 4.79 Å². The van der Waals surface area contributed by atoms with Crippen LogP contribution in [-0.4, -0.2) is 23.2 Å². The number of nitrogens with zero attached hydrogens (tertiary/aromatic N) is 2.